The summed E-state index contributed by atoms with van der Waals surface area (Å²) >= 11 is 0. The summed E-state index contributed by atoms with van der Waals surface area (Å²) in [6, 6.07) is 12.8. The van der Waals surface area contributed by atoms with Crippen molar-refractivity contribution in [3.8, 4) is 17.2 Å². The maximum atomic E-state index is 11.1. The highest BCUT2D eigenvalue weighted by atomic mass is 16.5. The summed E-state index contributed by atoms with van der Waals surface area (Å²) in [5, 5.41) is 0. The summed E-state index contributed by atoms with van der Waals surface area (Å²) in [4.78, 5) is 11.1. The lowest BCUT2D eigenvalue weighted by Crippen LogP contribution is -2.01. The predicted octanol–water partition coefficient (Wildman–Crippen LogP) is 3.10. The molecule has 0 fully saturated rings. The number of ether oxygens (including phenoxy) is 3. The van der Waals surface area contributed by atoms with Gasteiger partial charge in [0.05, 0.1) is 19.8 Å². The first-order valence-electron chi connectivity index (χ1n) is 6.16. The van der Waals surface area contributed by atoms with Gasteiger partial charge in [0.2, 0.25) is 0 Å². The molecular weight excluding hydrogens is 256 g/mol. The molecule has 0 aliphatic heterocycles. The smallest absolute Gasteiger partial charge is 0.172 e. The maximum absolute atomic E-state index is 11.1. The Hall–Kier alpha value is -2.49. The Morgan fingerprint density at radius 3 is 2.55 bits per heavy atom. The van der Waals surface area contributed by atoms with Crippen molar-refractivity contribution in [2.24, 2.45) is 0 Å². The van der Waals surface area contributed by atoms with Gasteiger partial charge in [-0.05, 0) is 29.8 Å². The molecular formula is C16H16O4. The minimum Gasteiger partial charge on any atom is -0.497 e. The molecule has 0 amide bonds. The molecule has 0 spiro atoms. The van der Waals surface area contributed by atoms with E-state index in [4.69, 9.17) is 14.2 Å². The fraction of sp³-hybridized carbons (Fsp3) is 0.188. The van der Waals surface area contributed by atoms with Crippen LogP contribution in [0.25, 0.3) is 0 Å². The van der Waals surface area contributed by atoms with E-state index in [0.29, 0.717) is 23.7 Å². The number of carbonyl (C=O) groups is 1. The first kappa shape index (κ1) is 13.9. The highest BCUT2D eigenvalue weighted by Crippen LogP contribution is 2.30. The molecule has 2 aromatic rings. The van der Waals surface area contributed by atoms with Gasteiger partial charge in [-0.25, -0.2) is 0 Å². The summed E-state index contributed by atoms with van der Waals surface area (Å²) in [7, 11) is 3.16. The van der Waals surface area contributed by atoms with Crippen LogP contribution in [0.2, 0.25) is 0 Å². The van der Waals surface area contributed by atoms with Gasteiger partial charge in [0.25, 0.3) is 0 Å². The van der Waals surface area contributed by atoms with E-state index in [1.807, 2.05) is 24.3 Å². The van der Waals surface area contributed by atoms with Crippen LogP contribution in [0.4, 0.5) is 0 Å². The first-order valence-corrected chi connectivity index (χ1v) is 6.16. The number of hydrogen-bond donors (Lipinski definition) is 0. The predicted molar refractivity (Wildman–Crippen MR) is 75.7 cm³/mol. The third-order valence-corrected chi connectivity index (χ3v) is 2.87. The summed E-state index contributed by atoms with van der Waals surface area (Å²) in [6.07, 6.45) is 0.753. The molecule has 0 atom stereocenters. The van der Waals surface area contributed by atoms with E-state index in [9.17, 15) is 4.79 Å². The Bertz CT molecular complexity index is 593. The fourth-order valence-electron chi connectivity index (χ4n) is 1.86. The SMILES string of the molecule is COc1cccc(COc2c(C=O)cccc2OC)c1. The summed E-state index contributed by atoms with van der Waals surface area (Å²) < 4.78 is 16.1. The van der Waals surface area contributed by atoms with E-state index < -0.39 is 0 Å². The minimum absolute atomic E-state index is 0.332. The van der Waals surface area contributed by atoms with Crippen LogP contribution >= 0.6 is 0 Å². The van der Waals surface area contributed by atoms with Crippen LogP contribution in [-0.4, -0.2) is 20.5 Å². The number of methoxy groups -OCH3 is 2. The van der Waals surface area contributed by atoms with Gasteiger partial charge in [0, 0.05) is 0 Å². The van der Waals surface area contributed by atoms with Gasteiger partial charge < -0.3 is 14.2 Å². The molecule has 20 heavy (non-hydrogen) atoms. The number of benzene rings is 2. The highest BCUT2D eigenvalue weighted by molar-refractivity contribution is 5.81. The zero-order chi connectivity index (χ0) is 14.4. The molecule has 104 valence electrons. The third-order valence-electron chi connectivity index (χ3n) is 2.87. The standard InChI is InChI=1S/C16H16O4/c1-18-14-7-3-5-12(9-14)11-20-16-13(10-17)6-4-8-15(16)19-2/h3-10H,11H2,1-2H3. The average Bonchev–Trinajstić information content (AvgIpc) is 2.52. The van der Waals surface area contributed by atoms with Crippen molar-refractivity contribution in [1.29, 1.82) is 0 Å². The van der Waals surface area contributed by atoms with Gasteiger partial charge in [-0.1, -0.05) is 18.2 Å². The average molecular weight is 272 g/mol. The summed E-state index contributed by atoms with van der Waals surface area (Å²) in [5.74, 6) is 1.76. The van der Waals surface area contributed by atoms with E-state index in [2.05, 4.69) is 0 Å². The number of hydrogen-bond acceptors (Lipinski definition) is 4. The Labute approximate surface area is 117 Å². The topological polar surface area (TPSA) is 44.8 Å². The molecule has 2 aromatic carbocycles. The van der Waals surface area contributed by atoms with E-state index in [1.165, 1.54) is 0 Å². The maximum Gasteiger partial charge on any atom is 0.172 e. The molecule has 0 saturated heterocycles. The molecule has 2 rings (SSSR count). The lowest BCUT2D eigenvalue weighted by Gasteiger charge is -2.12. The van der Waals surface area contributed by atoms with Gasteiger partial charge >= 0.3 is 0 Å². The van der Waals surface area contributed by atoms with Gasteiger partial charge in [-0.3, -0.25) is 4.79 Å². The molecule has 0 N–H and O–H groups in total. The zero-order valence-electron chi connectivity index (χ0n) is 11.5. The van der Waals surface area contributed by atoms with Crippen LogP contribution in [0.3, 0.4) is 0 Å². The monoisotopic (exact) mass is 272 g/mol. The van der Waals surface area contributed by atoms with Gasteiger partial charge in [0.1, 0.15) is 12.4 Å². The van der Waals surface area contributed by atoms with Crippen LogP contribution in [0.1, 0.15) is 15.9 Å². The number of aldehydes is 1. The van der Waals surface area contributed by atoms with Crippen LogP contribution in [0, 0.1) is 0 Å². The van der Waals surface area contributed by atoms with Crippen LogP contribution in [0.5, 0.6) is 17.2 Å². The molecule has 0 bridgehead atoms. The van der Waals surface area contributed by atoms with Crippen molar-refractivity contribution < 1.29 is 19.0 Å². The lowest BCUT2D eigenvalue weighted by atomic mass is 10.2. The second kappa shape index (κ2) is 6.61. The Balaban J connectivity index is 2.19. The van der Waals surface area contributed by atoms with E-state index in [0.717, 1.165) is 17.6 Å². The fourth-order valence-corrected chi connectivity index (χ4v) is 1.86. The Morgan fingerprint density at radius 2 is 1.85 bits per heavy atom. The molecule has 0 unspecified atom stereocenters. The van der Waals surface area contributed by atoms with Crippen molar-refractivity contribution in [2.45, 2.75) is 6.61 Å². The molecule has 0 aromatic heterocycles. The lowest BCUT2D eigenvalue weighted by molar-refractivity contribution is 0.111. The Kier molecular flexibility index (Phi) is 4.60. The molecule has 0 heterocycles. The second-order valence-corrected chi connectivity index (χ2v) is 4.14. The van der Waals surface area contributed by atoms with Crippen LogP contribution in [-0.2, 0) is 6.61 Å². The zero-order valence-corrected chi connectivity index (χ0v) is 11.5. The molecule has 0 saturated carbocycles. The second-order valence-electron chi connectivity index (χ2n) is 4.14. The third kappa shape index (κ3) is 3.09. The van der Waals surface area contributed by atoms with Gasteiger partial charge in [-0.15, -0.1) is 0 Å². The molecule has 0 radical (unpaired) electrons. The van der Waals surface area contributed by atoms with Crippen molar-refractivity contribution in [3.63, 3.8) is 0 Å². The molecule has 4 heteroatoms. The first-order chi connectivity index (χ1) is 9.78. The number of para-hydroxylation sites is 1. The quantitative estimate of drug-likeness (QED) is 0.758. The van der Waals surface area contributed by atoms with E-state index >= 15 is 0 Å². The van der Waals surface area contributed by atoms with Crippen molar-refractivity contribution in [2.75, 3.05) is 14.2 Å². The van der Waals surface area contributed by atoms with Crippen LogP contribution < -0.4 is 14.2 Å². The largest absolute Gasteiger partial charge is 0.497 e. The van der Waals surface area contributed by atoms with Crippen molar-refractivity contribution >= 4 is 6.29 Å². The molecule has 4 nitrogen and oxygen atoms in total. The van der Waals surface area contributed by atoms with Gasteiger partial charge in [-0.2, -0.15) is 0 Å². The highest BCUT2D eigenvalue weighted by Gasteiger charge is 2.10. The number of carbonyl (C=O) groups excluding carboxylic acids is 1. The summed E-state index contributed by atoms with van der Waals surface area (Å²) in [5.41, 5.74) is 1.42. The minimum atomic E-state index is 0.332. The molecule has 0 aliphatic carbocycles. The van der Waals surface area contributed by atoms with E-state index in [-0.39, 0.29) is 0 Å². The van der Waals surface area contributed by atoms with Crippen molar-refractivity contribution in [3.05, 3.63) is 53.6 Å². The summed E-state index contributed by atoms with van der Waals surface area (Å²) in [6.45, 7) is 0.332. The number of rotatable bonds is 6. The molecule has 0 aliphatic rings. The van der Waals surface area contributed by atoms with Gasteiger partial charge in [0.15, 0.2) is 17.8 Å². The Morgan fingerprint density at radius 1 is 1.05 bits per heavy atom. The van der Waals surface area contributed by atoms with Crippen LogP contribution in [0.15, 0.2) is 42.5 Å². The normalized spacial score (nSPS) is 9.90. The van der Waals surface area contributed by atoms with E-state index in [1.54, 1.807) is 32.4 Å². The van der Waals surface area contributed by atoms with Crippen molar-refractivity contribution in [1.82, 2.24) is 0 Å².